The monoisotopic (exact) mass is 425 g/mol. The van der Waals surface area contributed by atoms with Gasteiger partial charge in [0, 0.05) is 28.6 Å². The van der Waals surface area contributed by atoms with E-state index >= 15 is 0 Å². The Kier molecular flexibility index (Phi) is 6.04. The number of nitrogens with one attached hydrogen (secondary N) is 1. The highest BCUT2D eigenvalue weighted by atomic mass is 35.5. The maximum absolute atomic E-state index is 13.2. The first-order valence-corrected chi connectivity index (χ1v) is 10.4. The van der Waals surface area contributed by atoms with Crippen molar-refractivity contribution in [2.75, 3.05) is 19.5 Å². The fourth-order valence-electron chi connectivity index (χ4n) is 4.05. The molecule has 0 amide bonds. The van der Waals surface area contributed by atoms with Crippen molar-refractivity contribution in [3.8, 4) is 11.5 Å². The molecular formula is C23H24ClN3O3. The normalized spacial score (nSPS) is 18.8. The summed E-state index contributed by atoms with van der Waals surface area (Å²) in [6.07, 6.45) is 5.11. The fourth-order valence-corrected chi connectivity index (χ4v) is 4.21. The lowest BCUT2D eigenvalue weighted by atomic mass is 9.81. The number of ketones is 1. The molecule has 0 atom stereocenters. The standard InChI is InChI=1S/C23H24ClN3O3/c1-29-19-4-3-5-20(30-2)21(19)22(28)14-7-10-17(11-8-14)26-23-25-13-15-6-9-16(24)12-18(15)27-23/h3-6,9,12-14,17H,7-8,10-11H2,1-2H3,(H,25,26,27). The molecule has 1 heterocycles. The first kappa shape index (κ1) is 20.4. The average molecular weight is 426 g/mol. The molecule has 0 radical (unpaired) electrons. The Morgan fingerprint density at radius 3 is 2.43 bits per heavy atom. The summed E-state index contributed by atoms with van der Waals surface area (Å²) in [6.45, 7) is 0. The minimum atomic E-state index is -0.0513. The molecule has 1 fully saturated rings. The molecule has 4 rings (SSSR count). The highest BCUT2D eigenvalue weighted by molar-refractivity contribution is 6.31. The zero-order chi connectivity index (χ0) is 21.1. The topological polar surface area (TPSA) is 73.3 Å². The predicted octanol–water partition coefficient (Wildman–Crippen LogP) is 5.15. The molecule has 0 saturated heterocycles. The van der Waals surface area contributed by atoms with E-state index in [0.717, 1.165) is 36.6 Å². The number of carbonyl (C=O) groups excluding carboxylic acids is 1. The van der Waals surface area contributed by atoms with E-state index in [-0.39, 0.29) is 17.7 Å². The zero-order valence-corrected chi connectivity index (χ0v) is 17.8. The molecule has 3 aromatic rings. The van der Waals surface area contributed by atoms with Crippen LogP contribution in [0.3, 0.4) is 0 Å². The molecule has 0 spiro atoms. The van der Waals surface area contributed by atoms with Gasteiger partial charge in [0.25, 0.3) is 0 Å². The number of carbonyl (C=O) groups is 1. The largest absolute Gasteiger partial charge is 0.496 e. The highest BCUT2D eigenvalue weighted by Gasteiger charge is 2.30. The van der Waals surface area contributed by atoms with Gasteiger partial charge in [-0.15, -0.1) is 0 Å². The van der Waals surface area contributed by atoms with Gasteiger partial charge in [0.15, 0.2) is 5.78 Å². The van der Waals surface area contributed by atoms with Gasteiger partial charge >= 0.3 is 0 Å². The van der Waals surface area contributed by atoms with Gasteiger partial charge in [0.2, 0.25) is 5.95 Å². The number of Topliss-reactive ketones (excluding diaryl/α,β-unsaturated/α-hetero) is 1. The number of hydrogen-bond acceptors (Lipinski definition) is 6. The van der Waals surface area contributed by atoms with Gasteiger partial charge in [-0.2, -0.15) is 0 Å². The van der Waals surface area contributed by atoms with Crippen molar-refractivity contribution in [3.63, 3.8) is 0 Å². The summed E-state index contributed by atoms with van der Waals surface area (Å²) in [6, 6.07) is 11.2. The lowest BCUT2D eigenvalue weighted by Gasteiger charge is -2.29. The van der Waals surface area contributed by atoms with Crippen LogP contribution >= 0.6 is 11.6 Å². The molecule has 0 unspecified atom stereocenters. The molecule has 2 aromatic carbocycles. The Morgan fingerprint density at radius 1 is 1.07 bits per heavy atom. The Morgan fingerprint density at radius 2 is 1.77 bits per heavy atom. The van der Waals surface area contributed by atoms with Gasteiger partial charge in [0.1, 0.15) is 17.1 Å². The predicted molar refractivity (Wildman–Crippen MR) is 118 cm³/mol. The molecule has 0 bridgehead atoms. The third kappa shape index (κ3) is 4.19. The maximum Gasteiger partial charge on any atom is 0.223 e. The van der Waals surface area contributed by atoms with E-state index in [2.05, 4.69) is 15.3 Å². The Balaban J connectivity index is 1.42. The van der Waals surface area contributed by atoms with Crippen LogP contribution in [0.25, 0.3) is 10.9 Å². The van der Waals surface area contributed by atoms with Crippen LogP contribution in [-0.2, 0) is 0 Å². The number of ether oxygens (including phenoxy) is 2. The Hall–Kier alpha value is -2.86. The van der Waals surface area contributed by atoms with Crippen molar-refractivity contribution in [1.82, 2.24) is 9.97 Å². The van der Waals surface area contributed by atoms with Crippen LogP contribution in [0.2, 0.25) is 5.02 Å². The molecule has 156 valence electrons. The van der Waals surface area contributed by atoms with Gasteiger partial charge in [-0.05, 0) is 56.0 Å². The Bertz CT molecular complexity index is 1040. The van der Waals surface area contributed by atoms with E-state index in [1.165, 1.54) is 0 Å². The maximum atomic E-state index is 13.2. The lowest BCUT2D eigenvalue weighted by Crippen LogP contribution is -2.30. The molecule has 1 aliphatic rings. The number of anilines is 1. The van der Waals surface area contributed by atoms with Crippen molar-refractivity contribution in [1.29, 1.82) is 0 Å². The summed E-state index contributed by atoms with van der Waals surface area (Å²) in [5, 5.41) is 5.01. The third-order valence-corrected chi connectivity index (χ3v) is 5.89. The summed E-state index contributed by atoms with van der Waals surface area (Å²) in [5.41, 5.74) is 1.35. The van der Waals surface area contributed by atoms with E-state index in [1.54, 1.807) is 32.5 Å². The summed E-state index contributed by atoms with van der Waals surface area (Å²) in [4.78, 5) is 22.2. The molecule has 1 N–H and O–H groups in total. The van der Waals surface area contributed by atoms with E-state index < -0.39 is 0 Å². The minimum Gasteiger partial charge on any atom is -0.496 e. The molecular weight excluding hydrogens is 402 g/mol. The number of nitrogens with zero attached hydrogens (tertiary/aromatic N) is 2. The summed E-state index contributed by atoms with van der Waals surface area (Å²) < 4.78 is 10.8. The van der Waals surface area contributed by atoms with E-state index in [4.69, 9.17) is 21.1 Å². The van der Waals surface area contributed by atoms with Crippen LogP contribution in [-0.4, -0.2) is 36.0 Å². The van der Waals surface area contributed by atoms with Crippen LogP contribution in [0, 0.1) is 5.92 Å². The molecule has 30 heavy (non-hydrogen) atoms. The van der Waals surface area contributed by atoms with Gasteiger partial charge in [-0.25, -0.2) is 9.97 Å². The van der Waals surface area contributed by atoms with Crippen LogP contribution < -0.4 is 14.8 Å². The molecule has 1 saturated carbocycles. The van der Waals surface area contributed by atoms with Crippen LogP contribution in [0.5, 0.6) is 11.5 Å². The third-order valence-electron chi connectivity index (χ3n) is 5.65. The SMILES string of the molecule is COc1cccc(OC)c1C(=O)C1CCC(Nc2ncc3ccc(Cl)cc3n2)CC1. The van der Waals surface area contributed by atoms with Crippen molar-refractivity contribution in [2.45, 2.75) is 31.7 Å². The molecule has 1 aromatic heterocycles. The Labute approximate surface area is 180 Å². The fraction of sp³-hybridized carbons (Fsp3) is 0.348. The van der Waals surface area contributed by atoms with Crippen molar-refractivity contribution >= 4 is 34.2 Å². The van der Waals surface area contributed by atoms with E-state index in [1.807, 2.05) is 24.3 Å². The second kappa shape index (κ2) is 8.88. The zero-order valence-electron chi connectivity index (χ0n) is 17.0. The number of methoxy groups -OCH3 is 2. The molecule has 7 heteroatoms. The molecule has 1 aliphatic carbocycles. The number of halogens is 1. The first-order valence-electron chi connectivity index (χ1n) is 10.0. The smallest absolute Gasteiger partial charge is 0.223 e. The average Bonchev–Trinajstić information content (AvgIpc) is 2.78. The summed E-state index contributed by atoms with van der Waals surface area (Å²) in [7, 11) is 3.15. The number of aromatic nitrogens is 2. The van der Waals surface area contributed by atoms with Crippen LogP contribution in [0.4, 0.5) is 5.95 Å². The van der Waals surface area contributed by atoms with E-state index in [9.17, 15) is 4.79 Å². The van der Waals surface area contributed by atoms with Crippen molar-refractivity contribution in [2.24, 2.45) is 5.92 Å². The molecule has 0 aliphatic heterocycles. The quantitative estimate of drug-likeness (QED) is 0.550. The van der Waals surface area contributed by atoms with Crippen molar-refractivity contribution < 1.29 is 14.3 Å². The highest BCUT2D eigenvalue weighted by Crippen LogP contribution is 2.35. The van der Waals surface area contributed by atoms with E-state index in [0.29, 0.717) is 28.0 Å². The van der Waals surface area contributed by atoms with Crippen LogP contribution in [0.15, 0.2) is 42.6 Å². The number of fused-ring (bicyclic) bond motifs is 1. The first-order chi connectivity index (χ1) is 14.6. The van der Waals surface area contributed by atoms with Gasteiger partial charge in [-0.3, -0.25) is 4.79 Å². The van der Waals surface area contributed by atoms with Crippen molar-refractivity contribution in [3.05, 3.63) is 53.2 Å². The number of rotatable bonds is 6. The lowest BCUT2D eigenvalue weighted by molar-refractivity contribution is 0.0880. The summed E-state index contributed by atoms with van der Waals surface area (Å²) >= 11 is 6.07. The second-order valence-corrected chi connectivity index (χ2v) is 7.93. The van der Waals surface area contributed by atoms with Gasteiger partial charge in [-0.1, -0.05) is 17.7 Å². The summed E-state index contributed by atoms with van der Waals surface area (Å²) in [5.74, 6) is 1.74. The number of hydrogen-bond donors (Lipinski definition) is 1. The van der Waals surface area contributed by atoms with Gasteiger partial charge in [0.05, 0.1) is 19.7 Å². The van der Waals surface area contributed by atoms with Crippen LogP contribution in [0.1, 0.15) is 36.0 Å². The number of benzene rings is 2. The second-order valence-electron chi connectivity index (χ2n) is 7.49. The van der Waals surface area contributed by atoms with Gasteiger partial charge < -0.3 is 14.8 Å². The minimum absolute atomic E-state index is 0.0513. The molecule has 6 nitrogen and oxygen atoms in total.